The third-order valence-electron chi connectivity index (χ3n) is 3.18. The number of ketones is 1. The van der Waals surface area contributed by atoms with E-state index in [1.165, 1.54) is 0 Å². The number of nitrogens with zero attached hydrogens (tertiary/aromatic N) is 1. The molecule has 2 aromatic rings. The molecule has 0 saturated heterocycles. The molecule has 0 N–H and O–H groups in total. The van der Waals surface area contributed by atoms with Crippen molar-refractivity contribution in [3.63, 3.8) is 0 Å². The van der Waals surface area contributed by atoms with Crippen LogP contribution < -0.4 is 0 Å². The molecule has 2 rings (SSSR count). The zero-order chi connectivity index (χ0) is 14.8. The summed E-state index contributed by atoms with van der Waals surface area (Å²) >= 11 is 0. The molecule has 0 radical (unpaired) electrons. The van der Waals surface area contributed by atoms with E-state index >= 15 is 0 Å². The number of aromatic nitrogens is 1. The molecule has 0 spiro atoms. The Morgan fingerprint density at radius 2 is 1.85 bits per heavy atom. The summed E-state index contributed by atoms with van der Waals surface area (Å²) < 4.78 is 6.86. The maximum atomic E-state index is 11.8. The van der Waals surface area contributed by atoms with E-state index in [1.807, 2.05) is 61.9 Å². The molecule has 1 heterocycles. The van der Waals surface area contributed by atoms with Gasteiger partial charge in [0.05, 0.1) is 0 Å². The fourth-order valence-corrected chi connectivity index (χ4v) is 1.83. The van der Waals surface area contributed by atoms with E-state index in [1.54, 1.807) is 0 Å². The highest BCUT2D eigenvalue weighted by Gasteiger charge is 2.22. The van der Waals surface area contributed by atoms with Crippen LogP contribution in [0.5, 0.6) is 0 Å². The standard InChI is InChI=1S/C16H19NO3/c1-16(2,3)14(18)11-20-15(19)10-17-9-8-12-6-4-5-7-13(12)17/h4-9H,10-11H2,1-3H3. The van der Waals surface area contributed by atoms with Crippen LogP contribution in [0.1, 0.15) is 20.8 Å². The van der Waals surface area contributed by atoms with E-state index in [2.05, 4.69) is 0 Å². The Morgan fingerprint density at radius 1 is 1.15 bits per heavy atom. The van der Waals surface area contributed by atoms with E-state index < -0.39 is 11.4 Å². The summed E-state index contributed by atoms with van der Waals surface area (Å²) in [6.45, 7) is 5.38. The van der Waals surface area contributed by atoms with Crippen LogP contribution in [0.4, 0.5) is 0 Å². The molecule has 0 aliphatic carbocycles. The van der Waals surface area contributed by atoms with Crippen LogP contribution in [0.2, 0.25) is 0 Å². The third kappa shape index (κ3) is 3.26. The van der Waals surface area contributed by atoms with Crippen molar-refractivity contribution in [2.75, 3.05) is 6.61 Å². The van der Waals surface area contributed by atoms with Gasteiger partial charge in [-0.15, -0.1) is 0 Å². The largest absolute Gasteiger partial charge is 0.456 e. The Morgan fingerprint density at radius 3 is 2.55 bits per heavy atom. The number of rotatable bonds is 4. The lowest BCUT2D eigenvalue weighted by atomic mass is 9.91. The fourth-order valence-electron chi connectivity index (χ4n) is 1.83. The van der Waals surface area contributed by atoms with Gasteiger partial charge in [0.15, 0.2) is 12.4 Å². The minimum absolute atomic E-state index is 0.0804. The summed E-state index contributed by atoms with van der Waals surface area (Å²) in [5, 5.41) is 1.08. The molecule has 0 saturated carbocycles. The first-order chi connectivity index (χ1) is 9.38. The fraction of sp³-hybridized carbons (Fsp3) is 0.375. The highest BCUT2D eigenvalue weighted by atomic mass is 16.5. The molecule has 1 aromatic heterocycles. The summed E-state index contributed by atoms with van der Waals surface area (Å²) in [4.78, 5) is 23.5. The lowest BCUT2D eigenvalue weighted by Gasteiger charge is -2.16. The minimum Gasteiger partial charge on any atom is -0.456 e. The number of carbonyl (C=O) groups is 2. The number of hydrogen-bond donors (Lipinski definition) is 0. The van der Waals surface area contributed by atoms with E-state index in [4.69, 9.17) is 4.74 Å². The van der Waals surface area contributed by atoms with Gasteiger partial charge in [-0.25, -0.2) is 0 Å². The Labute approximate surface area is 118 Å². The number of hydrogen-bond acceptors (Lipinski definition) is 3. The summed E-state index contributed by atoms with van der Waals surface area (Å²) in [6, 6.07) is 9.76. The molecular formula is C16H19NO3. The second-order valence-electron chi connectivity index (χ2n) is 5.84. The predicted molar refractivity (Wildman–Crippen MR) is 77.4 cm³/mol. The van der Waals surface area contributed by atoms with Gasteiger partial charge < -0.3 is 9.30 Å². The molecule has 0 fully saturated rings. The maximum absolute atomic E-state index is 11.8. The van der Waals surface area contributed by atoms with E-state index in [0.717, 1.165) is 10.9 Å². The van der Waals surface area contributed by atoms with Crippen LogP contribution in [0.25, 0.3) is 10.9 Å². The van der Waals surface area contributed by atoms with Crippen LogP contribution in [-0.4, -0.2) is 22.9 Å². The van der Waals surface area contributed by atoms with Gasteiger partial charge in [-0.2, -0.15) is 0 Å². The van der Waals surface area contributed by atoms with Crippen LogP contribution >= 0.6 is 0 Å². The van der Waals surface area contributed by atoms with Gasteiger partial charge in [-0.1, -0.05) is 39.0 Å². The second kappa shape index (κ2) is 5.49. The SMILES string of the molecule is CC(C)(C)C(=O)COC(=O)Cn1ccc2ccccc21. The molecular weight excluding hydrogens is 254 g/mol. The van der Waals surface area contributed by atoms with Crippen molar-refractivity contribution >= 4 is 22.7 Å². The lowest BCUT2D eigenvalue weighted by Crippen LogP contribution is -2.27. The van der Waals surface area contributed by atoms with Gasteiger partial charge in [-0.05, 0) is 17.5 Å². The molecule has 0 bridgehead atoms. The van der Waals surface area contributed by atoms with E-state index in [9.17, 15) is 9.59 Å². The summed E-state index contributed by atoms with van der Waals surface area (Å²) in [6.07, 6.45) is 1.84. The maximum Gasteiger partial charge on any atom is 0.326 e. The van der Waals surface area contributed by atoms with Gasteiger partial charge in [-0.3, -0.25) is 9.59 Å². The monoisotopic (exact) mass is 273 g/mol. The quantitative estimate of drug-likeness (QED) is 0.805. The van der Waals surface area contributed by atoms with Crippen molar-refractivity contribution in [3.8, 4) is 0 Å². The Hall–Kier alpha value is -2.10. The lowest BCUT2D eigenvalue weighted by molar-refractivity contribution is -0.150. The average molecular weight is 273 g/mol. The average Bonchev–Trinajstić information content (AvgIpc) is 2.78. The van der Waals surface area contributed by atoms with Gasteiger partial charge in [0.2, 0.25) is 0 Å². The molecule has 0 atom stereocenters. The van der Waals surface area contributed by atoms with Crippen molar-refractivity contribution in [2.45, 2.75) is 27.3 Å². The topological polar surface area (TPSA) is 48.3 Å². The Balaban J connectivity index is 1.97. The molecule has 20 heavy (non-hydrogen) atoms. The van der Waals surface area contributed by atoms with Crippen molar-refractivity contribution in [1.29, 1.82) is 0 Å². The zero-order valence-corrected chi connectivity index (χ0v) is 12.1. The molecule has 0 aliphatic heterocycles. The number of fused-ring (bicyclic) bond motifs is 1. The zero-order valence-electron chi connectivity index (χ0n) is 12.1. The van der Waals surface area contributed by atoms with Crippen molar-refractivity contribution < 1.29 is 14.3 Å². The predicted octanol–water partition coefficient (Wildman–Crippen LogP) is 2.80. The first-order valence-corrected chi connectivity index (χ1v) is 6.61. The second-order valence-corrected chi connectivity index (χ2v) is 5.84. The smallest absolute Gasteiger partial charge is 0.326 e. The van der Waals surface area contributed by atoms with Crippen molar-refractivity contribution in [2.24, 2.45) is 5.41 Å². The van der Waals surface area contributed by atoms with E-state index in [-0.39, 0.29) is 18.9 Å². The first kappa shape index (κ1) is 14.3. The highest BCUT2D eigenvalue weighted by molar-refractivity contribution is 5.87. The minimum atomic E-state index is -0.486. The third-order valence-corrected chi connectivity index (χ3v) is 3.18. The summed E-state index contributed by atoms with van der Waals surface area (Å²) in [5.74, 6) is -0.479. The Kier molecular flexibility index (Phi) is 3.93. The van der Waals surface area contributed by atoms with Crippen LogP contribution in [0, 0.1) is 5.41 Å². The summed E-state index contributed by atoms with van der Waals surface area (Å²) in [5.41, 5.74) is 0.493. The van der Waals surface area contributed by atoms with Gasteiger partial charge >= 0.3 is 5.97 Å². The normalized spacial score (nSPS) is 11.6. The molecule has 106 valence electrons. The molecule has 4 heteroatoms. The number of carbonyl (C=O) groups excluding carboxylic acids is 2. The number of para-hydroxylation sites is 1. The van der Waals surface area contributed by atoms with Gasteiger partial charge in [0.1, 0.15) is 6.54 Å². The number of ether oxygens (including phenoxy) is 1. The number of esters is 1. The summed E-state index contributed by atoms with van der Waals surface area (Å²) in [7, 11) is 0. The number of benzene rings is 1. The van der Waals surface area contributed by atoms with Crippen molar-refractivity contribution in [3.05, 3.63) is 36.5 Å². The van der Waals surface area contributed by atoms with Gasteiger partial charge in [0, 0.05) is 17.1 Å². The first-order valence-electron chi connectivity index (χ1n) is 6.61. The highest BCUT2D eigenvalue weighted by Crippen LogP contribution is 2.16. The van der Waals surface area contributed by atoms with Gasteiger partial charge in [0.25, 0.3) is 0 Å². The van der Waals surface area contributed by atoms with Crippen molar-refractivity contribution in [1.82, 2.24) is 4.57 Å². The molecule has 4 nitrogen and oxygen atoms in total. The number of Topliss-reactive ketones (excluding diaryl/α,β-unsaturated/α-hetero) is 1. The Bertz CT molecular complexity index is 634. The molecule has 0 amide bonds. The van der Waals surface area contributed by atoms with Crippen LogP contribution in [0.15, 0.2) is 36.5 Å². The molecule has 1 aromatic carbocycles. The van der Waals surface area contributed by atoms with E-state index in [0.29, 0.717) is 0 Å². The van der Waals surface area contributed by atoms with Crippen LogP contribution in [0.3, 0.4) is 0 Å². The van der Waals surface area contributed by atoms with Crippen LogP contribution in [-0.2, 0) is 20.9 Å². The molecule has 0 aliphatic rings. The molecule has 0 unspecified atom stereocenters.